The summed E-state index contributed by atoms with van der Waals surface area (Å²) < 4.78 is 2.56. The lowest BCUT2D eigenvalue weighted by Gasteiger charge is -2.34. The molecule has 0 aliphatic rings. The first-order valence-corrected chi connectivity index (χ1v) is 7.11. The molecular weight excluding hydrogens is 165 g/mol. The van der Waals surface area contributed by atoms with Gasteiger partial charge in [0.1, 0.15) is 0 Å². The van der Waals surface area contributed by atoms with Crippen LogP contribution in [0.4, 0.5) is 0 Å². The van der Waals surface area contributed by atoms with Crippen molar-refractivity contribution in [1.29, 1.82) is 0 Å². The maximum absolute atomic E-state index is 2.56. The fourth-order valence-electron chi connectivity index (χ4n) is 1.52. The Bertz CT molecular complexity index is 70.8. The van der Waals surface area contributed by atoms with E-state index in [1.54, 1.807) is 0 Å². The minimum atomic E-state index is 0.0905. The van der Waals surface area contributed by atoms with Gasteiger partial charge in [-0.25, -0.2) is 0 Å². The quantitative estimate of drug-likeness (QED) is 0.613. The third-order valence-corrected chi connectivity index (χ3v) is 3.37. The van der Waals surface area contributed by atoms with Gasteiger partial charge in [0, 0.05) is 12.1 Å². The summed E-state index contributed by atoms with van der Waals surface area (Å²) in [4.78, 5) is 0. The molecule has 0 aromatic carbocycles. The Morgan fingerprint density at radius 1 is 0.833 bits per heavy atom. The van der Waals surface area contributed by atoms with E-state index in [-0.39, 0.29) is 8.07 Å². The van der Waals surface area contributed by atoms with Crippen molar-refractivity contribution in [1.82, 2.24) is 4.67 Å². The summed E-state index contributed by atoms with van der Waals surface area (Å²) in [5.74, 6) is 0. The summed E-state index contributed by atoms with van der Waals surface area (Å²) in [7, 11) is 0.0905. The minimum absolute atomic E-state index is 0.0905. The molecular formula is C10H26NP. The van der Waals surface area contributed by atoms with Crippen molar-refractivity contribution in [3.05, 3.63) is 0 Å². The maximum atomic E-state index is 2.56. The van der Waals surface area contributed by atoms with E-state index in [4.69, 9.17) is 0 Å². The summed E-state index contributed by atoms with van der Waals surface area (Å²) >= 11 is 0. The zero-order valence-electron chi connectivity index (χ0n) is 10.0. The van der Waals surface area contributed by atoms with E-state index in [1.807, 2.05) is 13.8 Å². The van der Waals surface area contributed by atoms with Crippen LogP contribution >= 0.6 is 8.07 Å². The Morgan fingerprint density at radius 2 is 1.08 bits per heavy atom. The van der Waals surface area contributed by atoms with Gasteiger partial charge in [-0.2, -0.15) is 0 Å². The molecule has 0 bridgehead atoms. The highest BCUT2D eigenvalue weighted by atomic mass is 31.1. The number of hydrogen-bond donors (Lipinski definition) is 0. The van der Waals surface area contributed by atoms with Gasteiger partial charge in [-0.1, -0.05) is 13.8 Å². The van der Waals surface area contributed by atoms with Gasteiger partial charge in [0.25, 0.3) is 0 Å². The van der Waals surface area contributed by atoms with Crippen molar-refractivity contribution < 1.29 is 0 Å². The van der Waals surface area contributed by atoms with Crippen molar-refractivity contribution in [2.45, 2.75) is 53.6 Å². The zero-order valence-corrected chi connectivity index (χ0v) is 10.9. The Labute approximate surface area is 80.3 Å². The van der Waals surface area contributed by atoms with E-state index in [9.17, 15) is 0 Å². The van der Waals surface area contributed by atoms with Gasteiger partial charge in [0.05, 0.1) is 0 Å². The molecule has 12 heavy (non-hydrogen) atoms. The van der Waals surface area contributed by atoms with Crippen LogP contribution in [0.1, 0.15) is 41.5 Å². The molecule has 76 valence electrons. The van der Waals surface area contributed by atoms with Gasteiger partial charge in [-0.15, -0.1) is 0 Å². The molecule has 0 spiro atoms. The Balaban J connectivity index is 0. The molecule has 0 atom stereocenters. The molecule has 0 radical (unpaired) electrons. The van der Waals surface area contributed by atoms with Crippen molar-refractivity contribution in [2.24, 2.45) is 0 Å². The van der Waals surface area contributed by atoms with E-state index in [0.29, 0.717) is 12.1 Å². The first-order chi connectivity index (χ1) is 5.46. The molecule has 0 aliphatic carbocycles. The highest BCUT2D eigenvalue weighted by Crippen LogP contribution is 2.35. The molecule has 0 fully saturated rings. The molecule has 0 saturated heterocycles. The van der Waals surface area contributed by atoms with E-state index >= 15 is 0 Å². The number of nitrogens with zero attached hydrogens (tertiary/aromatic N) is 1. The normalized spacial score (nSPS) is 11.0. The minimum Gasteiger partial charge on any atom is -0.277 e. The van der Waals surface area contributed by atoms with Crippen LogP contribution in [-0.2, 0) is 0 Å². The second-order valence-electron chi connectivity index (χ2n) is 3.41. The van der Waals surface area contributed by atoms with Crippen LogP contribution in [-0.4, -0.2) is 30.1 Å². The summed E-state index contributed by atoms with van der Waals surface area (Å²) in [6, 6.07) is 1.39. The topological polar surface area (TPSA) is 3.24 Å². The Morgan fingerprint density at radius 3 is 1.08 bits per heavy atom. The van der Waals surface area contributed by atoms with Gasteiger partial charge in [-0.3, -0.25) is 4.67 Å². The van der Waals surface area contributed by atoms with Crippen molar-refractivity contribution in [3.8, 4) is 0 Å². The first kappa shape index (κ1) is 14.9. The molecule has 0 amide bonds. The highest BCUT2D eigenvalue weighted by Gasteiger charge is 2.15. The molecule has 0 N–H and O–H groups in total. The predicted molar refractivity (Wildman–Crippen MR) is 62.2 cm³/mol. The molecule has 0 aromatic rings. The lowest BCUT2D eigenvalue weighted by atomic mass is 10.3. The van der Waals surface area contributed by atoms with Gasteiger partial charge in [-0.05, 0) is 49.1 Å². The van der Waals surface area contributed by atoms with Crippen LogP contribution in [0.15, 0.2) is 0 Å². The second-order valence-corrected chi connectivity index (χ2v) is 5.57. The van der Waals surface area contributed by atoms with Gasteiger partial charge < -0.3 is 0 Å². The van der Waals surface area contributed by atoms with Gasteiger partial charge in [0.15, 0.2) is 0 Å². The van der Waals surface area contributed by atoms with Crippen LogP contribution in [0.25, 0.3) is 0 Å². The molecule has 0 aromatic heterocycles. The molecule has 0 saturated carbocycles. The lowest BCUT2D eigenvalue weighted by Crippen LogP contribution is -2.31. The Kier molecular flexibility index (Phi) is 9.94. The summed E-state index contributed by atoms with van der Waals surface area (Å²) in [6.45, 7) is 17.7. The predicted octanol–water partition coefficient (Wildman–Crippen LogP) is 3.79. The summed E-state index contributed by atoms with van der Waals surface area (Å²) in [6.07, 6.45) is 0. The summed E-state index contributed by atoms with van der Waals surface area (Å²) in [5.41, 5.74) is 0. The van der Waals surface area contributed by atoms with E-state index in [2.05, 4.69) is 45.7 Å². The molecule has 0 heterocycles. The van der Waals surface area contributed by atoms with Crippen LogP contribution < -0.4 is 0 Å². The zero-order chi connectivity index (χ0) is 10.3. The van der Waals surface area contributed by atoms with Gasteiger partial charge >= 0.3 is 0 Å². The van der Waals surface area contributed by atoms with Crippen LogP contribution in [0, 0.1) is 0 Å². The van der Waals surface area contributed by atoms with E-state index < -0.39 is 0 Å². The standard InChI is InChI=1S/C8H20NP.C2H6/c1-7(2)9(8(3)4)10(5)6;1-2/h7-8H,1-6H3;1-2H3. The van der Waals surface area contributed by atoms with Gasteiger partial charge in [0.2, 0.25) is 0 Å². The van der Waals surface area contributed by atoms with E-state index in [1.165, 1.54) is 0 Å². The van der Waals surface area contributed by atoms with E-state index in [0.717, 1.165) is 0 Å². The third-order valence-electron chi connectivity index (χ3n) is 1.52. The fourth-order valence-corrected chi connectivity index (χ4v) is 3.37. The van der Waals surface area contributed by atoms with Crippen LogP contribution in [0.3, 0.4) is 0 Å². The number of hydrogen-bond acceptors (Lipinski definition) is 1. The highest BCUT2D eigenvalue weighted by molar-refractivity contribution is 7.53. The number of rotatable bonds is 3. The second kappa shape index (κ2) is 8.01. The van der Waals surface area contributed by atoms with Crippen LogP contribution in [0.2, 0.25) is 0 Å². The largest absolute Gasteiger partial charge is 0.277 e. The van der Waals surface area contributed by atoms with Crippen molar-refractivity contribution in [3.63, 3.8) is 0 Å². The maximum Gasteiger partial charge on any atom is 0.00800 e. The van der Waals surface area contributed by atoms with Crippen molar-refractivity contribution in [2.75, 3.05) is 13.3 Å². The Hall–Kier alpha value is 0.390. The fraction of sp³-hybridized carbons (Fsp3) is 1.00. The average molecular weight is 191 g/mol. The smallest absolute Gasteiger partial charge is 0.00800 e. The molecule has 0 unspecified atom stereocenters. The van der Waals surface area contributed by atoms with Crippen LogP contribution in [0.5, 0.6) is 0 Å². The van der Waals surface area contributed by atoms with Crippen molar-refractivity contribution >= 4 is 8.07 Å². The molecule has 0 rings (SSSR count). The molecule has 2 heteroatoms. The monoisotopic (exact) mass is 191 g/mol. The first-order valence-electron chi connectivity index (χ1n) is 4.92. The SMILES string of the molecule is CC.CC(C)N(C(C)C)P(C)C. The average Bonchev–Trinajstić information content (AvgIpc) is 1.88. The molecule has 1 nitrogen and oxygen atoms in total. The lowest BCUT2D eigenvalue weighted by molar-refractivity contribution is 0.325. The molecule has 0 aliphatic heterocycles. The third kappa shape index (κ3) is 5.97. The summed E-state index contributed by atoms with van der Waals surface area (Å²) in [5, 5.41) is 0.